The monoisotopic (exact) mass is 368 g/mol. The molecule has 1 aliphatic carbocycles. The number of likely N-dealkylation sites (tertiary alicyclic amines) is 1. The Hall–Kier alpha value is -1.08. The Morgan fingerprint density at radius 2 is 2.21 bits per heavy atom. The number of nitrogens with one attached hydrogen (secondary N) is 1. The number of hydrogen-bond acceptors (Lipinski definition) is 4. The fraction of sp³-hybridized carbons (Fsp3) is 0.706. The zero-order chi connectivity index (χ0) is 16.8. The van der Waals surface area contributed by atoms with Gasteiger partial charge < -0.3 is 10.2 Å². The van der Waals surface area contributed by atoms with Crippen LogP contribution in [0.25, 0.3) is 0 Å². The number of piperidine rings is 1. The molecule has 0 radical (unpaired) electrons. The van der Waals surface area contributed by atoms with Crippen LogP contribution in [-0.2, 0) is 9.84 Å². The van der Waals surface area contributed by atoms with E-state index in [4.69, 9.17) is 0 Å². The Kier molecular flexibility index (Phi) is 4.11. The van der Waals surface area contributed by atoms with Crippen molar-refractivity contribution in [2.75, 3.05) is 24.6 Å². The molecular weight excluding hydrogens is 344 g/mol. The van der Waals surface area contributed by atoms with Crippen LogP contribution < -0.4 is 5.32 Å². The summed E-state index contributed by atoms with van der Waals surface area (Å²) in [6.45, 7) is 1.31. The lowest BCUT2D eigenvalue weighted by Crippen LogP contribution is -2.51. The molecule has 2 saturated heterocycles. The summed E-state index contributed by atoms with van der Waals surface area (Å²) in [5, 5.41) is 5.28. The van der Waals surface area contributed by atoms with Gasteiger partial charge in [-0.15, -0.1) is 11.3 Å². The minimum absolute atomic E-state index is 0.0244. The number of rotatable bonds is 3. The summed E-state index contributed by atoms with van der Waals surface area (Å²) in [5.41, 5.74) is -0.202. The maximum Gasteiger partial charge on any atom is 0.317 e. The van der Waals surface area contributed by atoms with Gasteiger partial charge in [0.05, 0.1) is 17.5 Å². The normalized spacial score (nSPS) is 30.4. The second kappa shape index (κ2) is 6.02. The first kappa shape index (κ1) is 16.4. The van der Waals surface area contributed by atoms with Crippen molar-refractivity contribution >= 4 is 27.2 Å². The molecule has 3 heterocycles. The molecule has 1 N–H and O–H groups in total. The van der Waals surface area contributed by atoms with Crippen molar-refractivity contribution in [3.8, 4) is 0 Å². The van der Waals surface area contributed by atoms with Crippen LogP contribution in [0, 0.1) is 11.3 Å². The standard InChI is InChI=1S/C17H24N2O3S2/c20-16(18-15(13-4-5-13)14-3-1-9-23-14)19-8-2-6-17(11-19)7-10-24(21,22)12-17/h1,3,9,13,15H,2,4-8,10-12H2,(H,18,20). The molecule has 132 valence electrons. The van der Waals surface area contributed by atoms with E-state index in [1.807, 2.05) is 11.0 Å². The largest absolute Gasteiger partial charge is 0.330 e. The third kappa shape index (κ3) is 3.33. The van der Waals surface area contributed by atoms with Gasteiger partial charge in [0.25, 0.3) is 0 Å². The molecule has 7 heteroatoms. The number of carbonyl (C=O) groups is 1. The van der Waals surface area contributed by atoms with Crippen LogP contribution in [0.2, 0.25) is 0 Å². The molecule has 1 spiro atoms. The summed E-state index contributed by atoms with van der Waals surface area (Å²) in [6, 6.07) is 4.21. The number of carbonyl (C=O) groups excluding carboxylic acids is 1. The van der Waals surface area contributed by atoms with Crippen molar-refractivity contribution in [3.05, 3.63) is 22.4 Å². The lowest BCUT2D eigenvalue weighted by Gasteiger charge is -2.40. The molecule has 2 atom stereocenters. The van der Waals surface area contributed by atoms with Crippen LogP contribution >= 0.6 is 11.3 Å². The minimum Gasteiger partial charge on any atom is -0.330 e. The summed E-state index contributed by atoms with van der Waals surface area (Å²) in [4.78, 5) is 15.9. The third-order valence-electron chi connectivity index (χ3n) is 5.64. The number of thiophene rings is 1. The minimum atomic E-state index is -2.92. The zero-order valence-corrected chi connectivity index (χ0v) is 15.4. The van der Waals surface area contributed by atoms with E-state index < -0.39 is 9.84 Å². The first-order valence-electron chi connectivity index (χ1n) is 8.76. The third-order valence-corrected chi connectivity index (χ3v) is 8.47. The Balaban J connectivity index is 1.44. The van der Waals surface area contributed by atoms with Gasteiger partial charge in [0.15, 0.2) is 9.84 Å². The maximum absolute atomic E-state index is 12.8. The molecular formula is C17H24N2O3S2. The maximum atomic E-state index is 12.8. The van der Waals surface area contributed by atoms with E-state index in [2.05, 4.69) is 16.8 Å². The molecule has 24 heavy (non-hydrogen) atoms. The molecule has 1 aromatic heterocycles. The average molecular weight is 369 g/mol. The Bertz CT molecular complexity index is 712. The van der Waals surface area contributed by atoms with Crippen molar-refractivity contribution < 1.29 is 13.2 Å². The van der Waals surface area contributed by atoms with Crippen LogP contribution in [0.1, 0.15) is 43.0 Å². The lowest BCUT2D eigenvalue weighted by molar-refractivity contribution is 0.119. The number of amides is 2. The van der Waals surface area contributed by atoms with Crippen molar-refractivity contribution in [3.63, 3.8) is 0 Å². The van der Waals surface area contributed by atoms with Crippen molar-refractivity contribution in [2.45, 2.75) is 38.1 Å². The van der Waals surface area contributed by atoms with E-state index in [-0.39, 0.29) is 29.0 Å². The molecule has 2 aliphatic heterocycles. The topological polar surface area (TPSA) is 66.5 Å². The Morgan fingerprint density at radius 1 is 1.38 bits per heavy atom. The van der Waals surface area contributed by atoms with E-state index in [1.165, 1.54) is 17.7 Å². The Morgan fingerprint density at radius 3 is 2.83 bits per heavy atom. The van der Waals surface area contributed by atoms with Crippen molar-refractivity contribution in [1.29, 1.82) is 0 Å². The predicted molar refractivity (Wildman–Crippen MR) is 94.8 cm³/mol. The molecule has 4 rings (SSSR count). The van der Waals surface area contributed by atoms with Crippen LogP contribution in [0.3, 0.4) is 0 Å². The van der Waals surface area contributed by atoms with E-state index in [9.17, 15) is 13.2 Å². The molecule has 2 amide bonds. The summed E-state index contributed by atoms with van der Waals surface area (Å²) >= 11 is 1.69. The van der Waals surface area contributed by atoms with Gasteiger partial charge >= 0.3 is 6.03 Å². The second-order valence-corrected chi connectivity index (χ2v) is 10.8. The van der Waals surface area contributed by atoms with Crippen molar-refractivity contribution in [2.24, 2.45) is 11.3 Å². The van der Waals surface area contributed by atoms with E-state index in [1.54, 1.807) is 11.3 Å². The first-order chi connectivity index (χ1) is 11.5. The highest BCUT2D eigenvalue weighted by Crippen LogP contribution is 2.43. The van der Waals surface area contributed by atoms with E-state index >= 15 is 0 Å². The summed E-state index contributed by atoms with van der Waals surface area (Å²) < 4.78 is 23.8. The molecule has 1 saturated carbocycles. The molecule has 0 aromatic carbocycles. The van der Waals surface area contributed by atoms with Gasteiger partial charge in [0, 0.05) is 23.4 Å². The number of sulfone groups is 1. The van der Waals surface area contributed by atoms with Gasteiger partial charge in [-0.05, 0) is 49.5 Å². The quantitative estimate of drug-likeness (QED) is 0.892. The molecule has 3 fully saturated rings. The summed E-state index contributed by atoms with van der Waals surface area (Å²) in [5.74, 6) is 1.08. The average Bonchev–Trinajstić information content (AvgIpc) is 3.15. The summed E-state index contributed by atoms with van der Waals surface area (Å²) in [6.07, 6.45) is 4.87. The Labute approximate surface area is 147 Å². The highest BCUT2D eigenvalue weighted by Gasteiger charge is 2.46. The smallest absolute Gasteiger partial charge is 0.317 e. The van der Waals surface area contributed by atoms with Crippen LogP contribution in [0.4, 0.5) is 4.79 Å². The second-order valence-electron chi connectivity index (χ2n) is 7.65. The van der Waals surface area contributed by atoms with Crippen LogP contribution in [0.5, 0.6) is 0 Å². The van der Waals surface area contributed by atoms with E-state index in [0.717, 1.165) is 19.4 Å². The van der Waals surface area contributed by atoms with Crippen LogP contribution in [-0.4, -0.2) is 43.9 Å². The lowest BCUT2D eigenvalue weighted by atomic mass is 9.80. The van der Waals surface area contributed by atoms with Crippen LogP contribution in [0.15, 0.2) is 17.5 Å². The predicted octanol–water partition coefficient (Wildman–Crippen LogP) is 2.81. The molecule has 1 aromatic rings. The van der Waals surface area contributed by atoms with Gasteiger partial charge in [-0.1, -0.05) is 6.07 Å². The fourth-order valence-corrected chi connectivity index (χ4v) is 7.30. The van der Waals surface area contributed by atoms with Gasteiger partial charge in [-0.2, -0.15) is 0 Å². The molecule has 0 bridgehead atoms. The molecule has 3 aliphatic rings. The van der Waals surface area contributed by atoms with Gasteiger partial charge in [0.2, 0.25) is 0 Å². The molecule has 2 unspecified atom stereocenters. The van der Waals surface area contributed by atoms with E-state index in [0.29, 0.717) is 18.9 Å². The highest BCUT2D eigenvalue weighted by atomic mass is 32.2. The fourth-order valence-electron chi connectivity index (χ4n) is 4.23. The molecule has 5 nitrogen and oxygen atoms in total. The SMILES string of the molecule is O=C(NC(c1cccs1)C1CC1)N1CCCC2(CCS(=O)(=O)C2)C1. The van der Waals surface area contributed by atoms with Crippen molar-refractivity contribution in [1.82, 2.24) is 10.2 Å². The number of urea groups is 1. The number of nitrogens with zero attached hydrogens (tertiary/aromatic N) is 1. The van der Waals surface area contributed by atoms with Gasteiger partial charge in [-0.25, -0.2) is 13.2 Å². The zero-order valence-electron chi connectivity index (χ0n) is 13.7. The van der Waals surface area contributed by atoms with Gasteiger partial charge in [0.1, 0.15) is 0 Å². The highest BCUT2D eigenvalue weighted by molar-refractivity contribution is 7.91. The number of hydrogen-bond donors (Lipinski definition) is 1. The van der Waals surface area contributed by atoms with Gasteiger partial charge in [-0.3, -0.25) is 0 Å². The summed E-state index contributed by atoms with van der Waals surface area (Å²) in [7, 11) is -2.92. The first-order valence-corrected chi connectivity index (χ1v) is 11.5.